The van der Waals surface area contributed by atoms with E-state index in [-0.39, 0.29) is 36.8 Å². The molecule has 0 bridgehead atoms. The summed E-state index contributed by atoms with van der Waals surface area (Å²) < 4.78 is 0. The van der Waals surface area contributed by atoms with E-state index in [0.717, 1.165) is 19.6 Å². The van der Waals surface area contributed by atoms with Crippen molar-refractivity contribution in [3.8, 4) is 0 Å². The standard InChI is InChI=1S/C19H20N2O.2ClH/c1-13-6-5-9-15-16(14-7-3-2-4-8-14)12-21-11-10-20-19(22)18(21)17(13)15;;/h2-9,16,18H,10-12H2,1H3,(H,20,22);2*1H. The minimum Gasteiger partial charge on any atom is -0.353 e. The van der Waals surface area contributed by atoms with Gasteiger partial charge in [-0.1, -0.05) is 48.5 Å². The van der Waals surface area contributed by atoms with Crippen molar-refractivity contribution in [2.75, 3.05) is 19.6 Å². The third-order valence-corrected chi connectivity index (χ3v) is 4.94. The normalized spacial score (nSPS) is 22.3. The average Bonchev–Trinajstić information content (AvgIpc) is 2.55. The second-order valence-corrected chi connectivity index (χ2v) is 6.23. The number of aryl methyl sites for hydroxylation is 1. The van der Waals surface area contributed by atoms with Crippen LogP contribution in [0.5, 0.6) is 0 Å². The van der Waals surface area contributed by atoms with Crippen molar-refractivity contribution in [2.45, 2.75) is 18.9 Å². The second-order valence-electron chi connectivity index (χ2n) is 6.23. The maximum absolute atomic E-state index is 12.4. The van der Waals surface area contributed by atoms with Crippen molar-refractivity contribution in [1.29, 1.82) is 0 Å². The first-order chi connectivity index (χ1) is 10.8. The first kappa shape index (κ1) is 18.8. The number of nitrogens with zero attached hydrogens (tertiary/aromatic N) is 1. The van der Waals surface area contributed by atoms with Gasteiger partial charge in [0, 0.05) is 25.6 Å². The molecule has 1 amide bonds. The summed E-state index contributed by atoms with van der Waals surface area (Å²) in [5, 5.41) is 3.02. The zero-order valence-electron chi connectivity index (χ0n) is 13.6. The maximum Gasteiger partial charge on any atom is 0.242 e. The molecular weight excluding hydrogens is 343 g/mol. The number of hydrogen-bond acceptors (Lipinski definition) is 2. The number of piperazine rings is 1. The molecule has 2 aromatic carbocycles. The molecule has 2 aromatic rings. The van der Waals surface area contributed by atoms with Crippen molar-refractivity contribution in [2.24, 2.45) is 0 Å². The lowest BCUT2D eigenvalue weighted by molar-refractivity contribution is -0.129. The minimum atomic E-state index is -0.120. The highest BCUT2D eigenvalue weighted by Crippen LogP contribution is 2.41. The van der Waals surface area contributed by atoms with E-state index in [1.165, 1.54) is 22.3 Å². The van der Waals surface area contributed by atoms with Crippen LogP contribution in [-0.4, -0.2) is 30.4 Å². The lowest BCUT2D eigenvalue weighted by Gasteiger charge is -2.43. The zero-order valence-corrected chi connectivity index (χ0v) is 15.2. The number of halogens is 2. The molecular formula is C19H22Cl2N2O. The molecule has 2 atom stereocenters. The van der Waals surface area contributed by atoms with E-state index in [0.29, 0.717) is 5.92 Å². The predicted molar refractivity (Wildman–Crippen MR) is 101 cm³/mol. The summed E-state index contributed by atoms with van der Waals surface area (Å²) in [6, 6.07) is 16.9. The molecule has 2 unspecified atom stereocenters. The van der Waals surface area contributed by atoms with E-state index in [1.54, 1.807) is 0 Å². The Hall–Kier alpha value is -1.55. The van der Waals surface area contributed by atoms with Gasteiger partial charge < -0.3 is 5.32 Å². The van der Waals surface area contributed by atoms with Gasteiger partial charge in [-0.15, -0.1) is 24.8 Å². The summed E-state index contributed by atoms with van der Waals surface area (Å²) in [4.78, 5) is 14.8. The molecule has 128 valence electrons. The fraction of sp³-hybridized carbons (Fsp3) is 0.316. The Bertz CT molecular complexity index is 721. The summed E-state index contributed by atoms with van der Waals surface area (Å²) in [6.45, 7) is 4.70. The molecule has 0 saturated carbocycles. The van der Waals surface area contributed by atoms with Crippen LogP contribution in [0.1, 0.15) is 34.2 Å². The smallest absolute Gasteiger partial charge is 0.242 e. The highest BCUT2D eigenvalue weighted by Gasteiger charge is 2.40. The number of hydrogen-bond donors (Lipinski definition) is 1. The molecule has 1 saturated heterocycles. The van der Waals surface area contributed by atoms with Gasteiger partial charge in [-0.05, 0) is 29.2 Å². The zero-order chi connectivity index (χ0) is 15.1. The van der Waals surface area contributed by atoms with Gasteiger partial charge >= 0.3 is 0 Å². The Morgan fingerprint density at radius 3 is 2.54 bits per heavy atom. The largest absolute Gasteiger partial charge is 0.353 e. The number of amides is 1. The lowest BCUT2D eigenvalue weighted by atomic mass is 9.79. The van der Waals surface area contributed by atoms with E-state index in [9.17, 15) is 4.79 Å². The molecule has 0 aliphatic carbocycles. The van der Waals surface area contributed by atoms with Gasteiger partial charge in [0.15, 0.2) is 0 Å². The van der Waals surface area contributed by atoms with Gasteiger partial charge in [0.1, 0.15) is 6.04 Å². The molecule has 5 heteroatoms. The van der Waals surface area contributed by atoms with Crippen LogP contribution in [0.3, 0.4) is 0 Å². The van der Waals surface area contributed by atoms with Crippen molar-refractivity contribution in [3.63, 3.8) is 0 Å². The molecule has 2 aliphatic rings. The minimum absolute atomic E-state index is 0. The maximum atomic E-state index is 12.4. The van der Waals surface area contributed by atoms with Crippen LogP contribution in [0.15, 0.2) is 48.5 Å². The third-order valence-electron chi connectivity index (χ3n) is 4.94. The highest BCUT2D eigenvalue weighted by atomic mass is 35.5. The number of nitrogens with one attached hydrogen (secondary N) is 1. The third kappa shape index (κ3) is 3.04. The van der Waals surface area contributed by atoms with Crippen LogP contribution < -0.4 is 5.32 Å². The number of rotatable bonds is 1. The van der Waals surface area contributed by atoms with E-state index in [2.05, 4.69) is 65.7 Å². The Balaban J connectivity index is 0.00000104. The summed E-state index contributed by atoms with van der Waals surface area (Å²) >= 11 is 0. The quantitative estimate of drug-likeness (QED) is 0.840. The van der Waals surface area contributed by atoms with Gasteiger partial charge in [0.2, 0.25) is 5.91 Å². The molecule has 24 heavy (non-hydrogen) atoms. The molecule has 0 aromatic heterocycles. The fourth-order valence-corrected chi connectivity index (χ4v) is 3.91. The first-order valence-corrected chi connectivity index (χ1v) is 7.92. The molecule has 4 rings (SSSR count). The van der Waals surface area contributed by atoms with Gasteiger partial charge in [0.25, 0.3) is 0 Å². The predicted octanol–water partition coefficient (Wildman–Crippen LogP) is 3.46. The van der Waals surface area contributed by atoms with Crippen LogP contribution >= 0.6 is 24.8 Å². The highest BCUT2D eigenvalue weighted by molar-refractivity contribution is 5.86. The van der Waals surface area contributed by atoms with Crippen LogP contribution in [0.25, 0.3) is 0 Å². The van der Waals surface area contributed by atoms with E-state index >= 15 is 0 Å². The van der Waals surface area contributed by atoms with Crippen LogP contribution in [-0.2, 0) is 4.79 Å². The summed E-state index contributed by atoms with van der Waals surface area (Å²) in [7, 11) is 0. The SMILES string of the molecule is Cc1cccc2c1C1C(=O)NCCN1CC2c1ccccc1.Cl.Cl. The summed E-state index contributed by atoms with van der Waals surface area (Å²) in [5.74, 6) is 0.492. The van der Waals surface area contributed by atoms with Gasteiger partial charge in [-0.25, -0.2) is 0 Å². The van der Waals surface area contributed by atoms with Crippen LogP contribution in [0.4, 0.5) is 0 Å². The van der Waals surface area contributed by atoms with Gasteiger partial charge in [-0.2, -0.15) is 0 Å². The van der Waals surface area contributed by atoms with Crippen LogP contribution in [0, 0.1) is 6.92 Å². The van der Waals surface area contributed by atoms with E-state index in [1.807, 2.05) is 0 Å². The van der Waals surface area contributed by atoms with Crippen LogP contribution in [0.2, 0.25) is 0 Å². The van der Waals surface area contributed by atoms with E-state index in [4.69, 9.17) is 0 Å². The van der Waals surface area contributed by atoms with Crippen molar-refractivity contribution in [1.82, 2.24) is 10.2 Å². The first-order valence-electron chi connectivity index (χ1n) is 7.92. The molecule has 3 nitrogen and oxygen atoms in total. The van der Waals surface area contributed by atoms with Gasteiger partial charge in [0.05, 0.1) is 0 Å². The molecule has 1 N–H and O–H groups in total. The fourth-order valence-electron chi connectivity index (χ4n) is 3.91. The van der Waals surface area contributed by atoms with Crippen molar-refractivity contribution in [3.05, 3.63) is 70.8 Å². The number of carbonyl (C=O) groups excluding carboxylic acids is 1. The topological polar surface area (TPSA) is 32.3 Å². The number of carbonyl (C=O) groups is 1. The summed E-state index contributed by atoms with van der Waals surface area (Å²) in [6.07, 6.45) is 0. The molecule has 2 aliphatic heterocycles. The molecule has 1 fully saturated rings. The number of fused-ring (bicyclic) bond motifs is 3. The van der Waals surface area contributed by atoms with Crippen molar-refractivity contribution < 1.29 is 4.79 Å². The van der Waals surface area contributed by atoms with E-state index < -0.39 is 0 Å². The molecule has 2 heterocycles. The number of benzene rings is 2. The second kappa shape index (κ2) is 7.56. The summed E-state index contributed by atoms with van der Waals surface area (Å²) in [5.41, 5.74) is 5.06. The van der Waals surface area contributed by atoms with Crippen molar-refractivity contribution >= 4 is 30.7 Å². The monoisotopic (exact) mass is 364 g/mol. The Kier molecular flexibility index (Phi) is 5.92. The Morgan fingerprint density at radius 1 is 1.04 bits per heavy atom. The molecule has 0 radical (unpaired) electrons. The average molecular weight is 365 g/mol. The molecule has 0 spiro atoms. The Morgan fingerprint density at radius 2 is 1.79 bits per heavy atom. The Labute approximate surface area is 155 Å². The van der Waals surface area contributed by atoms with Gasteiger partial charge in [-0.3, -0.25) is 9.69 Å². The lowest BCUT2D eigenvalue weighted by Crippen LogP contribution is -2.53.